The van der Waals surface area contributed by atoms with E-state index in [1.807, 2.05) is 12.1 Å². The van der Waals surface area contributed by atoms with Gasteiger partial charge in [-0.3, -0.25) is 0 Å². The molecule has 6 heteroatoms. The minimum Gasteiger partial charge on any atom is -0.496 e. The molecule has 3 unspecified atom stereocenters. The van der Waals surface area contributed by atoms with Crippen LogP contribution in [-0.4, -0.2) is 32.5 Å². The van der Waals surface area contributed by atoms with Crippen LogP contribution in [-0.2, 0) is 4.74 Å². The van der Waals surface area contributed by atoms with Crippen LogP contribution in [0.5, 0.6) is 11.5 Å². The third-order valence-electron chi connectivity index (χ3n) is 3.05. The highest BCUT2D eigenvalue weighted by Gasteiger charge is 2.41. The Morgan fingerprint density at radius 3 is 2.33 bits per heavy atom. The summed E-state index contributed by atoms with van der Waals surface area (Å²) in [6.07, 6.45) is 0.758. The number of hydrogen-bond donors (Lipinski definition) is 1. The van der Waals surface area contributed by atoms with E-state index in [-0.39, 0.29) is 18.2 Å². The molecule has 1 aromatic carbocycles. The molecule has 0 amide bonds. The van der Waals surface area contributed by atoms with E-state index in [1.54, 1.807) is 14.2 Å². The summed E-state index contributed by atoms with van der Waals surface area (Å²) in [5.74, 6) is 1.50. The minimum atomic E-state index is -0.0437. The van der Waals surface area contributed by atoms with E-state index in [2.05, 4.69) is 31.9 Å². The van der Waals surface area contributed by atoms with Gasteiger partial charge in [0.25, 0.3) is 0 Å². The highest BCUT2D eigenvalue weighted by atomic mass is 79.9. The number of rotatable bonds is 4. The first-order valence-corrected chi connectivity index (χ1v) is 7.13. The average Bonchev–Trinajstić information content (AvgIpc) is 2.32. The largest absolute Gasteiger partial charge is 0.496 e. The van der Waals surface area contributed by atoms with Gasteiger partial charge in [0.1, 0.15) is 23.7 Å². The van der Waals surface area contributed by atoms with Crippen molar-refractivity contribution >= 4 is 31.9 Å². The predicted molar refractivity (Wildman–Crippen MR) is 76.2 cm³/mol. The lowest BCUT2D eigenvalue weighted by atomic mass is 9.86. The number of hydrogen-bond acceptors (Lipinski definition) is 4. The summed E-state index contributed by atoms with van der Waals surface area (Å²) in [6.45, 7) is 0. The normalized spacial score (nSPS) is 26.6. The molecule has 18 heavy (non-hydrogen) atoms. The lowest BCUT2D eigenvalue weighted by molar-refractivity contribution is -0.0785. The molecule has 4 nitrogen and oxygen atoms in total. The minimum absolute atomic E-state index is 0.00148. The fourth-order valence-electron chi connectivity index (χ4n) is 1.98. The summed E-state index contributed by atoms with van der Waals surface area (Å²) in [6, 6.07) is 3.79. The van der Waals surface area contributed by atoms with Crippen molar-refractivity contribution in [1.82, 2.24) is 0 Å². The molecule has 2 rings (SSSR count). The van der Waals surface area contributed by atoms with Crippen molar-refractivity contribution in [2.45, 2.75) is 24.7 Å². The lowest BCUT2D eigenvalue weighted by Crippen LogP contribution is -2.59. The van der Waals surface area contributed by atoms with Crippen molar-refractivity contribution in [2.24, 2.45) is 5.73 Å². The van der Waals surface area contributed by atoms with E-state index in [0.29, 0.717) is 0 Å². The first-order chi connectivity index (χ1) is 8.56. The molecule has 1 aliphatic carbocycles. The Hall–Kier alpha value is -0.300. The molecule has 0 aliphatic heterocycles. The smallest absolute Gasteiger partial charge is 0.135 e. The molecule has 0 radical (unpaired) electrons. The first-order valence-electron chi connectivity index (χ1n) is 5.55. The van der Waals surface area contributed by atoms with Crippen LogP contribution in [0.15, 0.2) is 21.1 Å². The maximum atomic E-state index is 5.90. The van der Waals surface area contributed by atoms with Gasteiger partial charge in [-0.2, -0.15) is 0 Å². The van der Waals surface area contributed by atoms with Crippen molar-refractivity contribution in [3.05, 3.63) is 21.1 Å². The second kappa shape index (κ2) is 5.77. The molecule has 1 aromatic rings. The molecule has 0 saturated heterocycles. The molecular formula is C12H15Br2NO3. The Morgan fingerprint density at radius 1 is 1.17 bits per heavy atom. The van der Waals surface area contributed by atoms with Gasteiger partial charge in [-0.05, 0) is 44.0 Å². The molecule has 0 bridgehead atoms. The average molecular weight is 381 g/mol. The van der Waals surface area contributed by atoms with E-state index in [0.717, 1.165) is 26.9 Å². The maximum absolute atomic E-state index is 5.90. The van der Waals surface area contributed by atoms with Crippen molar-refractivity contribution in [1.29, 1.82) is 0 Å². The topological polar surface area (TPSA) is 53.7 Å². The van der Waals surface area contributed by atoms with Crippen molar-refractivity contribution < 1.29 is 14.2 Å². The third kappa shape index (κ3) is 2.66. The molecule has 0 aromatic heterocycles. The second-order valence-electron chi connectivity index (χ2n) is 4.17. The van der Waals surface area contributed by atoms with E-state index in [1.165, 1.54) is 0 Å². The van der Waals surface area contributed by atoms with Crippen LogP contribution in [0.2, 0.25) is 0 Å². The van der Waals surface area contributed by atoms with Crippen LogP contribution in [0.25, 0.3) is 0 Å². The molecule has 1 aliphatic rings. The first kappa shape index (κ1) is 14.1. The van der Waals surface area contributed by atoms with Crippen LogP contribution in [0.1, 0.15) is 6.42 Å². The van der Waals surface area contributed by atoms with Gasteiger partial charge in [-0.25, -0.2) is 0 Å². The summed E-state index contributed by atoms with van der Waals surface area (Å²) in [7, 11) is 3.28. The number of benzene rings is 1. The van der Waals surface area contributed by atoms with Crippen LogP contribution in [0.4, 0.5) is 0 Å². The van der Waals surface area contributed by atoms with Crippen LogP contribution < -0.4 is 15.2 Å². The van der Waals surface area contributed by atoms with E-state index in [9.17, 15) is 0 Å². The van der Waals surface area contributed by atoms with Gasteiger partial charge in [0.15, 0.2) is 0 Å². The van der Waals surface area contributed by atoms with E-state index >= 15 is 0 Å². The summed E-state index contributed by atoms with van der Waals surface area (Å²) in [4.78, 5) is 0. The zero-order chi connectivity index (χ0) is 13.3. The molecule has 3 atom stereocenters. The third-order valence-corrected chi connectivity index (χ3v) is 4.29. The Balaban J connectivity index is 2.13. The van der Waals surface area contributed by atoms with Gasteiger partial charge in [0, 0.05) is 19.6 Å². The molecule has 2 N–H and O–H groups in total. The van der Waals surface area contributed by atoms with Crippen molar-refractivity contribution in [2.75, 3.05) is 14.2 Å². The zero-order valence-electron chi connectivity index (χ0n) is 10.2. The highest BCUT2D eigenvalue weighted by Crippen LogP contribution is 2.38. The number of ether oxygens (including phenoxy) is 3. The second-order valence-corrected chi connectivity index (χ2v) is 5.88. The fourth-order valence-corrected chi connectivity index (χ4v) is 2.88. The van der Waals surface area contributed by atoms with Crippen LogP contribution >= 0.6 is 31.9 Å². The Bertz CT molecular complexity index is 442. The van der Waals surface area contributed by atoms with Gasteiger partial charge in [-0.1, -0.05) is 0 Å². The summed E-state index contributed by atoms with van der Waals surface area (Å²) in [5, 5.41) is 0. The Kier molecular flexibility index (Phi) is 4.53. The van der Waals surface area contributed by atoms with Gasteiger partial charge >= 0.3 is 0 Å². The Labute approximate surface area is 123 Å². The summed E-state index contributed by atoms with van der Waals surface area (Å²) < 4.78 is 18.1. The summed E-state index contributed by atoms with van der Waals surface area (Å²) in [5.41, 5.74) is 5.84. The number of methoxy groups -OCH3 is 2. The molecule has 0 heterocycles. The SMILES string of the molecule is COc1cc(Br)c(OC2CC(N)C2OC)cc1Br. The fraction of sp³-hybridized carbons (Fsp3) is 0.500. The number of nitrogens with two attached hydrogens (primary N) is 1. The van der Waals surface area contributed by atoms with E-state index in [4.69, 9.17) is 19.9 Å². The number of halogens is 2. The zero-order valence-corrected chi connectivity index (χ0v) is 13.3. The summed E-state index contributed by atoms with van der Waals surface area (Å²) >= 11 is 6.90. The van der Waals surface area contributed by atoms with Gasteiger partial charge < -0.3 is 19.9 Å². The van der Waals surface area contributed by atoms with Crippen molar-refractivity contribution in [3.63, 3.8) is 0 Å². The van der Waals surface area contributed by atoms with E-state index < -0.39 is 0 Å². The van der Waals surface area contributed by atoms with Gasteiger partial charge in [0.05, 0.1) is 16.1 Å². The lowest BCUT2D eigenvalue weighted by Gasteiger charge is -2.41. The molecular weight excluding hydrogens is 366 g/mol. The molecule has 1 saturated carbocycles. The molecule has 0 spiro atoms. The quantitative estimate of drug-likeness (QED) is 0.872. The standard InChI is InChI=1S/C12H15Br2NO3/c1-16-9-3-7(14)10(4-6(9)13)18-11-5-8(15)12(11)17-2/h3-4,8,11-12H,5,15H2,1-2H3. The monoisotopic (exact) mass is 379 g/mol. The van der Waals surface area contributed by atoms with Gasteiger partial charge in [-0.15, -0.1) is 0 Å². The Morgan fingerprint density at radius 2 is 1.78 bits per heavy atom. The van der Waals surface area contributed by atoms with Crippen LogP contribution in [0.3, 0.4) is 0 Å². The van der Waals surface area contributed by atoms with Gasteiger partial charge in [0.2, 0.25) is 0 Å². The highest BCUT2D eigenvalue weighted by molar-refractivity contribution is 9.11. The molecule has 1 fully saturated rings. The van der Waals surface area contributed by atoms with Crippen molar-refractivity contribution in [3.8, 4) is 11.5 Å². The maximum Gasteiger partial charge on any atom is 0.135 e. The predicted octanol–water partition coefficient (Wildman–Crippen LogP) is 2.71. The molecule has 100 valence electrons. The van der Waals surface area contributed by atoms with Crippen LogP contribution in [0, 0.1) is 0 Å².